The fourth-order valence-electron chi connectivity index (χ4n) is 2.42. The summed E-state index contributed by atoms with van der Waals surface area (Å²) in [6, 6.07) is 4.71. The summed E-state index contributed by atoms with van der Waals surface area (Å²) < 4.78 is 0.964. The van der Waals surface area contributed by atoms with Crippen molar-refractivity contribution < 1.29 is 4.48 Å². The van der Waals surface area contributed by atoms with Crippen molar-refractivity contribution >= 4 is 0 Å². The lowest BCUT2D eigenvalue weighted by Gasteiger charge is -2.26. The molecule has 19 heavy (non-hydrogen) atoms. The molecule has 0 bridgehead atoms. The maximum absolute atomic E-state index is 3.28. The maximum atomic E-state index is 3.28. The van der Waals surface area contributed by atoms with Gasteiger partial charge in [-0.05, 0) is 50.8 Å². The van der Waals surface area contributed by atoms with E-state index in [0.29, 0.717) is 0 Å². The van der Waals surface area contributed by atoms with Gasteiger partial charge in [-0.3, -0.25) is 0 Å². The Balaban J connectivity index is 3.15. The van der Waals surface area contributed by atoms with Crippen LogP contribution in [-0.2, 0) is 19.6 Å². The highest BCUT2D eigenvalue weighted by Gasteiger charge is 2.14. The lowest BCUT2D eigenvalue weighted by molar-refractivity contribution is -0.884. The van der Waals surface area contributed by atoms with Gasteiger partial charge in [-0.1, -0.05) is 6.07 Å². The molecule has 3 nitrogen and oxygen atoms in total. The minimum absolute atomic E-state index is 0.942. The van der Waals surface area contributed by atoms with Crippen molar-refractivity contribution in [1.29, 1.82) is 0 Å². The fraction of sp³-hybridized carbons (Fsp3) is 0.625. The highest BCUT2D eigenvalue weighted by Crippen LogP contribution is 2.20. The number of hydrogen-bond acceptors (Lipinski definition) is 2. The second-order valence-corrected chi connectivity index (χ2v) is 6.76. The van der Waals surface area contributed by atoms with Crippen LogP contribution < -0.4 is 5.32 Å². The van der Waals surface area contributed by atoms with E-state index < -0.39 is 0 Å². The minimum Gasteiger partial charge on any atom is -0.327 e. The summed E-state index contributed by atoms with van der Waals surface area (Å²) in [7, 11) is 13.0. The van der Waals surface area contributed by atoms with E-state index in [1.807, 2.05) is 7.05 Å². The number of quaternary nitrogens is 1. The molecule has 0 heterocycles. The monoisotopic (exact) mass is 264 g/mol. The summed E-state index contributed by atoms with van der Waals surface area (Å²) in [6.07, 6.45) is 0. The molecule has 1 aromatic rings. The van der Waals surface area contributed by atoms with Gasteiger partial charge in [0.25, 0.3) is 0 Å². The molecule has 1 aromatic carbocycles. The Bertz CT molecular complexity index is 417. The summed E-state index contributed by atoms with van der Waals surface area (Å²) in [5, 5.41) is 3.28. The molecule has 1 N–H and O–H groups in total. The predicted octanol–water partition coefficient (Wildman–Crippen LogP) is 1.98. The fourth-order valence-corrected chi connectivity index (χ4v) is 2.42. The molecule has 0 amide bonds. The van der Waals surface area contributed by atoms with Crippen LogP contribution in [0.3, 0.4) is 0 Å². The van der Waals surface area contributed by atoms with Crippen LogP contribution in [0.5, 0.6) is 0 Å². The average Bonchev–Trinajstić information content (AvgIpc) is 2.22. The number of hydrogen-bond donors (Lipinski definition) is 1. The van der Waals surface area contributed by atoms with E-state index in [1.54, 1.807) is 0 Å². The Morgan fingerprint density at radius 3 is 2.16 bits per heavy atom. The molecule has 0 fully saturated rings. The average molecular weight is 264 g/mol. The third kappa shape index (κ3) is 5.31. The first-order chi connectivity index (χ1) is 8.73. The molecule has 0 saturated carbocycles. The van der Waals surface area contributed by atoms with Crippen molar-refractivity contribution in [2.24, 2.45) is 0 Å². The smallest absolute Gasteiger partial charge is 0.104 e. The second-order valence-electron chi connectivity index (χ2n) is 6.76. The largest absolute Gasteiger partial charge is 0.327 e. The molecule has 0 unspecified atom stereocenters. The summed E-state index contributed by atoms with van der Waals surface area (Å²) in [5.74, 6) is 0. The molecule has 3 heteroatoms. The Morgan fingerprint density at radius 2 is 1.68 bits per heavy atom. The van der Waals surface area contributed by atoms with Gasteiger partial charge in [0.15, 0.2) is 0 Å². The van der Waals surface area contributed by atoms with Gasteiger partial charge in [0, 0.05) is 18.7 Å². The topological polar surface area (TPSA) is 15.3 Å². The van der Waals surface area contributed by atoms with Crippen molar-refractivity contribution in [3.05, 3.63) is 34.4 Å². The van der Waals surface area contributed by atoms with Gasteiger partial charge in [0.2, 0.25) is 0 Å². The molecule has 0 aromatic heterocycles. The van der Waals surface area contributed by atoms with Crippen LogP contribution in [0.4, 0.5) is 0 Å². The second kappa shape index (κ2) is 6.51. The molecule has 0 radical (unpaired) electrons. The van der Waals surface area contributed by atoms with E-state index in [9.17, 15) is 0 Å². The lowest BCUT2D eigenvalue weighted by Crippen LogP contribution is -2.34. The number of rotatable bonds is 6. The molecule has 0 atom stereocenters. The van der Waals surface area contributed by atoms with Gasteiger partial charge in [-0.2, -0.15) is 0 Å². The van der Waals surface area contributed by atoms with E-state index in [4.69, 9.17) is 0 Å². The van der Waals surface area contributed by atoms with Gasteiger partial charge in [0.05, 0.1) is 21.1 Å². The first-order valence-electron chi connectivity index (χ1n) is 6.94. The SMILES string of the molecule is CNCc1cc(CN(C)C)cc(C[N+](C)(C)C)c1C. The van der Waals surface area contributed by atoms with E-state index >= 15 is 0 Å². The van der Waals surface area contributed by atoms with E-state index in [-0.39, 0.29) is 0 Å². The van der Waals surface area contributed by atoms with Crippen LogP contribution in [0.15, 0.2) is 12.1 Å². The molecule has 0 aliphatic rings. The van der Waals surface area contributed by atoms with Crippen LogP contribution >= 0.6 is 0 Å². The molecule has 0 aliphatic carbocycles. The van der Waals surface area contributed by atoms with E-state index in [2.05, 4.69) is 64.5 Å². The van der Waals surface area contributed by atoms with Gasteiger partial charge >= 0.3 is 0 Å². The van der Waals surface area contributed by atoms with E-state index in [1.165, 1.54) is 22.3 Å². The molecule has 1 rings (SSSR count). The molecular formula is C16H30N3+. The zero-order valence-electron chi connectivity index (χ0n) is 13.7. The number of nitrogens with one attached hydrogen (secondary N) is 1. The lowest BCUT2D eigenvalue weighted by atomic mass is 9.97. The van der Waals surface area contributed by atoms with Crippen molar-refractivity contribution in [2.45, 2.75) is 26.6 Å². The van der Waals surface area contributed by atoms with Gasteiger partial charge < -0.3 is 14.7 Å². The highest BCUT2D eigenvalue weighted by atomic mass is 15.3. The zero-order chi connectivity index (χ0) is 14.6. The van der Waals surface area contributed by atoms with Crippen LogP contribution in [-0.4, -0.2) is 51.7 Å². The normalized spacial score (nSPS) is 12.2. The highest BCUT2D eigenvalue weighted by molar-refractivity contribution is 5.38. The van der Waals surface area contributed by atoms with Crippen LogP contribution in [0.2, 0.25) is 0 Å². The minimum atomic E-state index is 0.942. The van der Waals surface area contributed by atoms with Crippen LogP contribution in [0.1, 0.15) is 22.3 Å². The third-order valence-electron chi connectivity index (χ3n) is 3.19. The van der Waals surface area contributed by atoms with Gasteiger partial charge in [0.1, 0.15) is 6.54 Å². The van der Waals surface area contributed by atoms with Crippen LogP contribution in [0.25, 0.3) is 0 Å². The Morgan fingerprint density at radius 1 is 1.11 bits per heavy atom. The van der Waals surface area contributed by atoms with Crippen molar-refractivity contribution in [3.63, 3.8) is 0 Å². The Labute approximate surface area is 118 Å². The molecule has 108 valence electrons. The summed E-state index contributed by atoms with van der Waals surface area (Å²) >= 11 is 0. The quantitative estimate of drug-likeness (QED) is 0.791. The first kappa shape index (κ1) is 16.2. The first-order valence-corrected chi connectivity index (χ1v) is 6.94. The van der Waals surface area contributed by atoms with Gasteiger partial charge in [-0.15, -0.1) is 0 Å². The van der Waals surface area contributed by atoms with Crippen molar-refractivity contribution in [3.8, 4) is 0 Å². The van der Waals surface area contributed by atoms with E-state index in [0.717, 1.165) is 24.1 Å². The summed E-state index contributed by atoms with van der Waals surface area (Å²) in [4.78, 5) is 2.23. The van der Waals surface area contributed by atoms with Crippen LogP contribution in [0, 0.1) is 6.92 Å². The van der Waals surface area contributed by atoms with Crippen molar-refractivity contribution in [2.75, 3.05) is 42.3 Å². The van der Waals surface area contributed by atoms with Crippen molar-refractivity contribution in [1.82, 2.24) is 10.2 Å². The summed E-state index contributed by atoms with van der Waals surface area (Å²) in [6.45, 7) is 5.26. The van der Waals surface area contributed by atoms with Gasteiger partial charge in [-0.25, -0.2) is 0 Å². The third-order valence-corrected chi connectivity index (χ3v) is 3.19. The molecule has 0 spiro atoms. The summed E-state index contributed by atoms with van der Waals surface area (Å²) in [5.41, 5.74) is 5.73. The predicted molar refractivity (Wildman–Crippen MR) is 83.1 cm³/mol. The Kier molecular flexibility index (Phi) is 5.53. The standard InChI is InChI=1S/C16H30N3/c1-13-15(10-17-2)8-14(11-18(3)4)9-16(13)12-19(5,6)7/h8-9,17H,10-12H2,1-7H3/q+1. The number of benzene rings is 1. The number of nitrogens with zero attached hydrogens (tertiary/aromatic N) is 2. The Hall–Kier alpha value is -0.900. The molecule has 0 aliphatic heterocycles. The zero-order valence-corrected chi connectivity index (χ0v) is 13.7. The molecular weight excluding hydrogens is 234 g/mol. The molecule has 0 saturated heterocycles. The maximum Gasteiger partial charge on any atom is 0.104 e.